The number of nitrogens with one attached hydrogen (secondary N) is 1. The zero-order valence-electron chi connectivity index (χ0n) is 14.8. The summed E-state index contributed by atoms with van der Waals surface area (Å²) >= 11 is 1.45. The molecule has 1 saturated heterocycles. The van der Waals surface area contributed by atoms with Gasteiger partial charge in [-0.1, -0.05) is 36.8 Å². The summed E-state index contributed by atoms with van der Waals surface area (Å²) < 4.78 is 0. The van der Waals surface area contributed by atoms with Crippen LogP contribution in [-0.4, -0.2) is 28.9 Å². The van der Waals surface area contributed by atoms with Gasteiger partial charge in [0, 0.05) is 11.9 Å². The molecule has 1 aromatic carbocycles. The summed E-state index contributed by atoms with van der Waals surface area (Å²) in [5, 5.41) is 5.49. The number of thiazole rings is 1. The summed E-state index contributed by atoms with van der Waals surface area (Å²) in [5.41, 5.74) is 6.95. The fourth-order valence-corrected chi connectivity index (χ4v) is 3.62. The SMILES string of the molecule is CC(N)(C(=O)Nc1nc(CN2CCCCC2)cs1)c1ccccc1.Cl.Cl. The van der Waals surface area contributed by atoms with E-state index in [-0.39, 0.29) is 30.7 Å². The van der Waals surface area contributed by atoms with E-state index in [4.69, 9.17) is 5.73 Å². The summed E-state index contributed by atoms with van der Waals surface area (Å²) in [5.74, 6) is -0.243. The number of nitrogens with two attached hydrogens (primary N) is 1. The minimum absolute atomic E-state index is 0. The molecular weight excluding hydrogens is 391 g/mol. The second-order valence-electron chi connectivity index (χ2n) is 6.50. The largest absolute Gasteiger partial charge is 0.314 e. The van der Waals surface area contributed by atoms with Gasteiger partial charge < -0.3 is 11.1 Å². The summed E-state index contributed by atoms with van der Waals surface area (Å²) in [4.78, 5) is 19.5. The molecule has 26 heavy (non-hydrogen) atoms. The van der Waals surface area contributed by atoms with Crippen LogP contribution in [0.2, 0.25) is 0 Å². The topological polar surface area (TPSA) is 71.2 Å². The number of rotatable bonds is 5. The van der Waals surface area contributed by atoms with Crippen molar-refractivity contribution >= 4 is 47.2 Å². The smallest absolute Gasteiger partial charge is 0.250 e. The van der Waals surface area contributed by atoms with Gasteiger partial charge in [-0.3, -0.25) is 9.69 Å². The summed E-state index contributed by atoms with van der Waals surface area (Å²) in [6.45, 7) is 4.84. The average molecular weight is 417 g/mol. The van der Waals surface area contributed by atoms with Crippen molar-refractivity contribution in [3.8, 4) is 0 Å². The van der Waals surface area contributed by atoms with Crippen molar-refractivity contribution in [2.45, 2.75) is 38.3 Å². The fraction of sp³-hybridized carbons (Fsp3) is 0.444. The third-order valence-corrected chi connectivity index (χ3v) is 5.26. The molecule has 5 nitrogen and oxygen atoms in total. The van der Waals surface area contributed by atoms with Crippen molar-refractivity contribution in [1.29, 1.82) is 0 Å². The predicted molar refractivity (Wildman–Crippen MR) is 112 cm³/mol. The minimum atomic E-state index is -1.08. The van der Waals surface area contributed by atoms with E-state index in [1.807, 2.05) is 35.7 Å². The first-order valence-corrected chi connectivity index (χ1v) is 9.26. The molecule has 1 aliphatic heterocycles. The molecule has 3 rings (SSSR count). The van der Waals surface area contributed by atoms with Crippen LogP contribution >= 0.6 is 36.2 Å². The van der Waals surface area contributed by atoms with Gasteiger partial charge in [-0.15, -0.1) is 36.2 Å². The first kappa shape index (κ1) is 22.9. The molecule has 0 radical (unpaired) electrons. The van der Waals surface area contributed by atoms with Gasteiger partial charge >= 0.3 is 0 Å². The first-order chi connectivity index (χ1) is 11.6. The van der Waals surface area contributed by atoms with Gasteiger partial charge in [-0.2, -0.15) is 0 Å². The van der Waals surface area contributed by atoms with Crippen LogP contribution in [0.4, 0.5) is 5.13 Å². The number of nitrogens with zero attached hydrogens (tertiary/aromatic N) is 2. The molecule has 1 amide bonds. The maximum Gasteiger partial charge on any atom is 0.250 e. The van der Waals surface area contributed by atoms with Gasteiger partial charge in [0.2, 0.25) is 0 Å². The number of hydrogen-bond acceptors (Lipinski definition) is 5. The molecule has 0 bridgehead atoms. The Balaban J connectivity index is 0.00000169. The zero-order chi connectivity index (χ0) is 17.0. The summed E-state index contributed by atoms with van der Waals surface area (Å²) in [6.07, 6.45) is 3.84. The molecule has 1 aliphatic rings. The number of hydrogen-bond donors (Lipinski definition) is 2. The molecule has 1 aromatic heterocycles. The summed E-state index contributed by atoms with van der Waals surface area (Å²) in [6, 6.07) is 9.40. The molecule has 1 unspecified atom stereocenters. The normalized spacial score (nSPS) is 16.7. The lowest BCUT2D eigenvalue weighted by molar-refractivity contribution is -0.120. The van der Waals surface area contributed by atoms with Crippen molar-refractivity contribution in [2.24, 2.45) is 5.73 Å². The van der Waals surface area contributed by atoms with E-state index in [0.717, 1.165) is 30.9 Å². The Morgan fingerprint density at radius 2 is 1.88 bits per heavy atom. The van der Waals surface area contributed by atoms with Crippen molar-refractivity contribution in [2.75, 3.05) is 18.4 Å². The van der Waals surface area contributed by atoms with Crippen molar-refractivity contribution < 1.29 is 4.79 Å². The monoisotopic (exact) mass is 416 g/mol. The maximum atomic E-state index is 12.6. The number of likely N-dealkylation sites (tertiary alicyclic amines) is 1. The number of carbonyl (C=O) groups is 1. The highest BCUT2D eigenvalue weighted by atomic mass is 35.5. The number of benzene rings is 1. The Kier molecular flexibility index (Phi) is 9.00. The standard InChI is InChI=1S/C18H24N4OS.2ClH/c1-18(19,14-8-4-2-5-9-14)16(23)21-17-20-15(13-24-17)12-22-10-6-3-7-11-22;;/h2,4-5,8-9,13H,3,6-7,10-12,19H2,1H3,(H,20,21,23);2*1H. The molecule has 2 heterocycles. The molecule has 8 heteroatoms. The fourth-order valence-electron chi connectivity index (χ4n) is 2.93. The van der Waals surface area contributed by atoms with Crippen LogP contribution in [0.3, 0.4) is 0 Å². The Bertz CT molecular complexity index is 688. The van der Waals surface area contributed by atoms with E-state index in [0.29, 0.717) is 5.13 Å². The molecule has 0 spiro atoms. The van der Waals surface area contributed by atoms with Crippen LogP contribution in [0.5, 0.6) is 0 Å². The zero-order valence-corrected chi connectivity index (χ0v) is 17.3. The molecule has 0 aliphatic carbocycles. The number of halogens is 2. The van der Waals surface area contributed by atoms with Gasteiger partial charge in [0.15, 0.2) is 5.13 Å². The Morgan fingerprint density at radius 3 is 2.54 bits per heavy atom. The lowest BCUT2D eigenvalue weighted by Crippen LogP contribution is -2.45. The van der Waals surface area contributed by atoms with Crippen LogP contribution < -0.4 is 11.1 Å². The van der Waals surface area contributed by atoms with Crippen LogP contribution in [-0.2, 0) is 16.9 Å². The van der Waals surface area contributed by atoms with Gasteiger partial charge in [0.25, 0.3) is 5.91 Å². The van der Waals surface area contributed by atoms with Crippen LogP contribution in [0.25, 0.3) is 0 Å². The van der Waals surface area contributed by atoms with Gasteiger partial charge in [0.1, 0.15) is 5.54 Å². The van der Waals surface area contributed by atoms with Gasteiger partial charge in [-0.25, -0.2) is 4.98 Å². The van der Waals surface area contributed by atoms with E-state index in [1.54, 1.807) is 6.92 Å². The van der Waals surface area contributed by atoms with Crippen molar-refractivity contribution in [1.82, 2.24) is 9.88 Å². The highest BCUT2D eigenvalue weighted by Crippen LogP contribution is 2.23. The van der Waals surface area contributed by atoms with E-state index >= 15 is 0 Å². The van der Waals surface area contributed by atoms with Gasteiger partial charge in [0.05, 0.1) is 5.69 Å². The Labute approximate surface area is 171 Å². The molecule has 144 valence electrons. The van der Waals surface area contributed by atoms with Gasteiger partial charge in [-0.05, 0) is 38.4 Å². The third kappa shape index (κ3) is 5.66. The second-order valence-corrected chi connectivity index (χ2v) is 7.36. The van der Waals surface area contributed by atoms with E-state index in [1.165, 1.54) is 30.6 Å². The maximum absolute atomic E-state index is 12.6. The Morgan fingerprint density at radius 1 is 1.23 bits per heavy atom. The lowest BCUT2D eigenvalue weighted by Gasteiger charge is -2.25. The third-order valence-electron chi connectivity index (χ3n) is 4.45. The molecular formula is C18H26Cl2N4OS. The number of carbonyl (C=O) groups excluding carboxylic acids is 1. The van der Waals surface area contributed by atoms with E-state index in [2.05, 4.69) is 15.2 Å². The van der Waals surface area contributed by atoms with Crippen molar-refractivity contribution in [3.05, 3.63) is 47.0 Å². The predicted octanol–water partition coefficient (Wildman–Crippen LogP) is 3.79. The number of aromatic nitrogens is 1. The number of anilines is 1. The van der Waals surface area contributed by atoms with Crippen LogP contribution in [0.1, 0.15) is 37.4 Å². The molecule has 3 N–H and O–H groups in total. The molecule has 2 aromatic rings. The summed E-state index contributed by atoms with van der Waals surface area (Å²) in [7, 11) is 0. The molecule has 1 atom stereocenters. The van der Waals surface area contributed by atoms with E-state index < -0.39 is 5.54 Å². The molecule has 0 saturated carbocycles. The molecule has 1 fully saturated rings. The highest BCUT2D eigenvalue weighted by molar-refractivity contribution is 7.13. The Hall–Kier alpha value is -1.18. The quantitative estimate of drug-likeness (QED) is 0.777. The first-order valence-electron chi connectivity index (χ1n) is 8.38. The van der Waals surface area contributed by atoms with Crippen molar-refractivity contribution in [3.63, 3.8) is 0 Å². The average Bonchev–Trinajstić information content (AvgIpc) is 3.03. The number of amides is 1. The van der Waals surface area contributed by atoms with Crippen LogP contribution in [0, 0.1) is 0 Å². The second kappa shape index (κ2) is 10.2. The van der Waals surface area contributed by atoms with Crippen LogP contribution in [0.15, 0.2) is 35.7 Å². The lowest BCUT2D eigenvalue weighted by atomic mass is 9.92. The van der Waals surface area contributed by atoms with E-state index in [9.17, 15) is 4.79 Å². The minimum Gasteiger partial charge on any atom is -0.314 e. The highest BCUT2D eigenvalue weighted by Gasteiger charge is 2.31. The number of piperidine rings is 1.